The van der Waals surface area contributed by atoms with Gasteiger partial charge in [0.05, 0.1) is 4.92 Å². The van der Waals surface area contributed by atoms with Gasteiger partial charge >= 0.3 is 5.69 Å². The lowest BCUT2D eigenvalue weighted by atomic mass is 10.3. The van der Waals surface area contributed by atoms with Gasteiger partial charge in [-0.2, -0.15) is 4.98 Å². The fourth-order valence-electron chi connectivity index (χ4n) is 2.71. The van der Waals surface area contributed by atoms with Crippen molar-refractivity contribution in [3.05, 3.63) is 45.6 Å². The fraction of sp³-hybridized carbons (Fsp3) is 0.375. The maximum absolute atomic E-state index is 11.4. The lowest BCUT2D eigenvalue weighted by molar-refractivity contribution is -0.384. The van der Waals surface area contributed by atoms with Gasteiger partial charge in [-0.05, 0) is 44.3 Å². The Bertz CT molecular complexity index is 755. The highest BCUT2D eigenvalue weighted by molar-refractivity contribution is 6.30. The standard InChI is InChI=1S/C16H19ClN6O2/c1-21-7-2-8-22(10-9-21)15-14(23(24)25)11-18-16(20-15)19-13-5-3-12(17)4-6-13/h3-6,11H,2,7-10H2,1H3,(H,18,19,20). The molecule has 1 aliphatic rings. The van der Waals surface area contributed by atoms with Crippen LogP contribution in [-0.4, -0.2) is 53.0 Å². The first kappa shape index (κ1) is 17.4. The molecule has 1 fully saturated rings. The zero-order valence-electron chi connectivity index (χ0n) is 13.9. The maximum atomic E-state index is 11.4. The van der Waals surface area contributed by atoms with Crippen LogP contribution < -0.4 is 10.2 Å². The molecule has 25 heavy (non-hydrogen) atoms. The normalized spacial score (nSPS) is 15.7. The van der Waals surface area contributed by atoms with Crippen LogP contribution in [0.25, 0.3) is 0 Å². The van der Waals surface area contributed by atoms with Crippen molar-refractivity contribution in [2.45, 2.75) is 6.42 Å². The minimum Gasteiger partial charge on any atom is -0.349 e. The van der Waals surface area contributed by atoms with E-state index in [0.29, 0.717) is 23.3 Å². The Balaban J connectivity index is 1.88. The molecule has 0 radical (unpaired) electrons. The van der Waals surface area contributed by atoms with E-state index in [1.807, 2.05) is 11.9 Å². The van der Waals surface area contributed by atoms with Crippen LogP contribution in [0.1, 0.15) is 6.42 Å². The molecule has 0 spiro atoms. The van der Waals surface area contributed by atoms with Crippen molar-refractivity contribution in [1.82, 2.24) is 14.9 Å². The van der Waals surface area contributed by atoms with E-state index in [9.17, 15) is 10.1 Å². The zero-order chi connectivity index (χ0) is 17.8. The minimum atomic E-state index is -0.435. The van der Waals surface area contributed by atoms with E-state index in [4.69, 9.17) is 11.6 Å². The van der Waals surface area contributed by atoms with Crippen LogP contribution in [0.2, 0.25) is 5.02 Å². The van der Waals surface area contributed by atoms with Crippen LogP contribution >= 0.6 is 11.6 Å². The first-order chi connectivity index (χ1) is 12.0. The molecule has 0 aliphatic carbocycles. The topological polar surface area (TPSA) is 87.4 Å². The van der Waals surface area contributed by atoms with Crippen molar-refractivity contribution < 1.29 is 4.92 Å². The summed E-state index contributed by atoms with van der Waals surface area (Å²) in [6.07, 6.45) is 2.19. The third-order valence-electron chi connectivity index (χ3n) is 4.07. The van der Waals surface area contributed by atoms with Crippen molar-refractivity contribution in [2.75, 3.05) is 43.4 Å². The minimum absolute atomic E-state index is 0.0776. The summed E-state index contributed by atoms with van der Waals surface area (Å²) in [5.41, 5.74) is 0.686. The van der Waals surface area contributed by atoms with Crippen LogP contribution in [0.15, 0.2) is 30.5 Å². The van der Waals surface area contributed by atoms with Gasteiger partial charge in [0.1, 0.15) is 6.20 Å². The summed E-state index contributed by atoms with van der Waals surface area (Å²) in [6, 6.07) is 7.10. The molecule has 0 unspecified atom stereocenters. The Hall–Kier alpha value is -2.45. The maximum Gasteiger partial charge on any atom is 0.329 e. The van der Waals surface area contributed by atoms with E-state index in [1.165, 1.54) is 6.20 Å². The van der Waals surface area contributed by atoms with Gasteiger partial charge in [0, 0.05) is 30.3 Å². The summed E-state index contributed by atoms with van der Waals surface area (Å²) < 4.78 is 0. The van der Waals surface area contributed by atoms with Gasteiger partial charge < -0.3 is 15.1 Å². The molecule has 132 valence electrons. The second-order valence-electron chi connectivity index (χ2n) is 5.94. The summed E-state index contributed by atoms with van der Waals surface area (Å²) in [5, 5.41) is 15.1. The lowest BCUT2D eigenvalue weighted by Gasteiger charge is -2.21. The van der Waals surface area contributed by atoms with Crippen molar-refractivity contribution in [2.24, 2.45) is 0 Å². The number of nitro groups is 1. The molecule has 9 heteroatoms. The van der Waals surface area contributed by atoms with Crippen LogP contribution in [0.5, 0.6) is 0 Å². The zero-order valence-corrected chi connectivity index (χ0v) is 14.6. The largest absolute Gasteiger partial charge is 0.349 e. The molecule has 1 aliphatic heterocycles. The van der Waals surface area contributed by atoms with Crippen LogP contribution in [0, 0.1) is 10.1 Å². The van der Waals surface area contributed by atoms with Gasteiger partial charge in [0.15, 0.2) is 0 Å². The predicted octanol–water partition coefficient (Wildman–Crippen LogP) is 2.92. The molecular formula is C16H19ClN6O2. The van der Waals surface area contributed by atoms with Gasteiger partial charge in [0.25, 0.3) is 0 Å². The van der Waals surface area contributed by atoms with Gasteiger partial charge in [-0.3, -0.25) is 10.1 Å². The van der Waals surface area contributed by atoms with E-state index in [-0.39, 0.29) is 5.69 Å². The van der Waals surface area contributed by atoms with Gasteiger partial charge in [0.2, 0.25) is 11.8 Å². The molecule has 1 aromatic heterocycles. The smallest absolute Gasteiger partial charge is 0.329 e. The summed E-state index contributed by atoms with van der Waals surface area (Å²) in [4.78, 5) is 23.6. The second-order valence-corrected chi connectivity index (χ2v) is 6.37. The summed E-state index contributed by atoms with van der Waals surface area (Å²) in [5.74, 6) is 0.673. The Labute approximate surface area is 150 Å². The van der Waals surface area contributed by atoms with Crippen LogP contribution in [0.3, 0.4) is 0 Å². The van der Waals surface area contributed by atoms with Crippen molar-refractivity contribution >= 4 is 34.7 Å². The molecule has 2 heterocycles. The van der Waals surface area contributed by atoms with E-state index in [2.05, 4.69) is 20.2 Å². The Morgan fingerprint density at radius 2 is 1.96 bits per heavy atom. The summed E-state index contributed by atoms with van der Waals surface area (Å²) >= 11 is 5.88. The third kappa shape index (κ3) is 4.34. The second kappa shape index (κ2) is 7.62. The summed E-state index contributed by atoms with van der Waals surface area (Å²) in [7, 11) is 2.05. The number of nitrogens with one attached hydrogen (secondary N) is 1. The molecule has 0 amide bonds. The van der Waals surface area contributed by atoms with E-state index in [1.54, 1.807) is 24.3 Å². The SMILES string of the molecule is CN1CCCN(c2nc(Nc3ccc(Cl)cc3)ncc2[N+](=O)[O-])CC1. The Morgan fingerprint density at radius 1 is 1.20 bits per heavy atom. The molecular weight excluding hydrogens is 344 g/mol. The number of hydrogen-bond donors (Lipinski definition) is 1. The van der Waals surface area contributed by atoms with Crippen molar-refractivity contribution in [1.29, 1.82) is 0 Å². The number of aromatic nitrogens is 2. The van der Waals surface area contributed by atoms with Gasteiger partial charge in [-0.15, -0.1) is 0 Å². The molecule has 0 atom stereocenters. The van der Waals surface area contributed by atoms with E-state index >= 15 is 0 Å². The highest BCUT2D eigenvalue weighted by Gasteiger charge is 2.24. The number of anilines is 3. The molecule has 1 aromatic carbocycles. The van der Waals surface area contributed by atoms with Crippen molar-refractivity contribution in [3.63, 3.8) is 0 Å². The fourth-order valence-corrected chi connectivity index (χ4v) is 2.83. The molecule has 8 nitrogen and oxygen atoms in total. The first-order valence-electron chi connectivity index (χ1n) is 8.00. The van der Waals surface area contributed by atoms with E-state index < -0.39 is 4.92 Å². The molecule has 0 bridgehead atoms. The number of nitrogens with zero attached hydrogens (tertiary/aromatic N) is 5. The molecule has 2 aromatic rings. The number of benzene rings is 1. The monoisotopic (exact) mass is 362 g/mol. The van der Waals surface area contributed by atoms with Crippen molar-refractivity contribution in [3.8, 4) is 0 Å². The first-order valence-corrected chi connectivity index (χ1v) is 8.38. The molecule has 3 rings (SSSR count). The average molecular weight is 363 g/mol. The number of hydrogen-bond acceptors (Lipinski definition) is 7. The number of rotatable bonds is 4. The highest BCUT2D eigenvalue weighted by atomic mass is 35.5. The van der Waals surface area contributed by atoms with Gasteiger partial charge in [-0.1, -0.05) is 11.6 Å². The Kier molecular flexibility index (Phi) is 5.30. The average Bonchev–Trinajstić information content (AvgIpc) is 2.81. The van der Waals surface area contributed by atoms with Crippen LogP contribution in [0.4, 0.5) is 23.1 Å². The number of likely N-dealkylation sites (N-methyl/N-ethyl adjacent to an activating group) is 1. The predicted molar refractivity (Wildman–Crippen MR) is 97.7 cm³/mol. The molecule has 1 saturated heterocycles. The quantitative estimate of drug-likeness (QED) is 0.660. The number of halogens is 1. The molecule has 1 N–H and O–H groups in total. The van der Waals surface area contributed by atoms with E-state index in [0.717, 1.165) is 31.7 Å². The third-order valence-corrected chi connectivity index (χ3v) is 4.32. The Morgan fingerprint density at radius 3 is 2.68 bits per heavy atom. The molecule has 0 saturated carbocycles. The van der Waals surface area contributed by atoms with Crippen LogP contribution in [-0.2, 0) is 0 Å². The van der Waals surface area contributed by atoms with Gasteiger partial charge in [-0.25, -0.2) is 4.98 Å². The highest BCUT2D eigenvalue weighted by Crippen LogP contribution is 2.28. The lowest BCUT2D eigenvalue weighted by Crippen LogP contribution is -2.30. The summed E-state index contributed by atoms with van der Waals surface area (Å²) in [6.45, 7) is 3.21.